The SMILES string of the molecule is CCCCCCN(CCCCCC)c1ccc(-c2ccc(-c3cc[n+](C)cc3)s2)cc1.[I-]. The molecule has 0 bridgehead atoms. The van der Waals surface area contributed by atoms with E-state index in [4.69, 9.17) is 0 Å². The molecule has 2 nitrogen and oxygen atoms in total. The van der Waals surface area contributed by atoms with Crippen LogP contribution >= 0.6 is 11.3 Å². The minimum Gasteiger partial charge on any atom is -1.00 e. The van der Waals surface area contributed by atoms with Gasteiger partial charge < -0.3 is 28.9 Å². The molecule has 3 rings (SSSR count). The van der Waals surface area contributed by atoms with Gasteiger partial charge in [-0.05, 0) is 42.7 Å². The average Bonchev–Trinajstić information content (AvgIpc) is 3.29. The summed E-state index contributed by atoms with van der Waals surface area (Å²) in [5.74, 6) is 0. The zero-order chi connectivity index (χ0) is 21.9. The van der Waals surface area contributed by atoms with Crippen molar-refractivity contribution in [3.05, 3.63) is 60.9 Å². The van der Waals surface area contributed by atoms with E-state index in [9.17, 15) is 0 Å². The Bertz CT molecular complexity index is 875. The zero-order valence-electron chi connectivity index (χ0n) is 20.0. The third-order valence-corrected chi connectivity index (χ3v) is 7.13. The van der Waals surface area contributed by atoms with Crippen molar-refractivity contribution in [2.45, 2.75) is 65.2 Å². The van der Waals surface area contributed by atoms with Gasteiger partial charge in [-0.3, -0.25) is 0 Å². The molecule has 0 aliphatic rings. The van der Waals surface area contributed by atoms with Gasteiger partial charge in [-0.1, -0.05) is 64.5 Å². The molecule has 0 saturated carbocycles. The fraction of sp³-hybridized carbons (Fsp3) is 0.464. The summed E-state index contributed by atoms with van der Waals surface area (Å²) in [4.78, 5) is 5.28. The summed E-state index contributed by atoms with van der Waals surface area (Å²) in [6.07, 6.45) is 14.8. The van der Waals surface area contributed by atoms with Gasteiger partial charge >= 0.3 is 0 Å². The Labute approximate surface area is 216 Å². The monoisotopic (exact) mass is 562 g/mol. The Balaban J connectivity index is 0.00000363. The molecular formula is C28H39IN2S. The number of hydrogen-bond acceptors (Lipinski definition) is 2. The van der Waals surface area contributed by atoms with E-state index in [2.05, 4.69) is 91.3 Å². The molecule has 0 N–H and O–H groups in total. The Hall–Kier alpha value is -1.40. The summed E-state index contributed by atoms with van der Waals surface area (Å²) in [5, 5.41) is 0. The molecule has 2 heterocycles. The van der Waals surface area contributed by atoms with Crippen molar-refractivity contribution in [3.8, 4) is 20.9 Å². The third kappa shape index (κ3) is 8.18. The van der Waals surface area contributed by atoms with Crippen molar-refractivity contribution < 1.29 is 28.5 Å². The molecule has 0 aliphatic carbocycles. The quantitative estimate of drug-likeness (QED) is 0.164. The topological polar surface area (TPSA) is 7.12 Å². The second-order valence-electron chi connectivity index (χ2n) is 8.57. The Morgan fingerprint density at radius 1 is 0.656 bits per heavy atom. The lowest BCUT2D eigenvalue weighted by Gasteiger charge is -2.25. The number of rotatable bonds is 13. The molecule has 2 aromatic heterocycles. The highest BCUT2D eigenvalue weighted by Gasteiger charge is 2.09. The first-order chi connectivity index (χ1) is 15.2. The van der Waals surface area contributed by atoms with Gasteiger partial charge in [0.15, 0.2) is 12.4 Å². The van der Waals surface area contributed by atoms with Gasteiger partial charge in [0.1, 0.15) is 7.05 Å². The van der Waals surface area contributed by atoms with E-state index in [1.165, 1.54) is 91.0 Å². The Morgan fingerprint density at radius 2 is 1.16 bits per heavy atom. The van der Waals surface area contributed by atoms with E-state index in [0.29, 0.717) is 0 Å². The minimum atomic E-state index is 0. The van der Waals surface area contributed by atoms with Crippen LogP contribution in [0, 0.1) is 0 Å². The molecule has 0 unspecified atom stereocenters. The average molecular weight is 563 g/mol. The highest BCUT2D eigenvalue weighted by Crippen LogP contribution is 2.34. The van der Waals surface area contributed by atoms with Crippen molar-refractivity contribution in [2.75, 3.05) is 18.0 Å². The summed E-state index contributed by atoms with van der Waals surface area (Å²) in [6.45, 7) is 6.93. The number of benzene rings is 1. The van der Waals surface area contributed by atoms with Crippen LogP contribution in [0.25, 0.3) is 20.9 Å². The van der Waals surface area contributed by atoms with Gasteiger partial charge in [-0.2, -0.15) is 0 Å². The maximum absolute atomic E-state index is 2.61. The van der Waals surface area contributed by atoms with E-state index in [-0.39, 0.29) is 24.0 Å². The van der Waals surface area contributed by atoms with Crippen LogP contribution in [-0.2, 0) is 7.05 Å². The highest BCUT2D eigenvalue weighted by atomic mass is 127. The first kappa shape index (κ1) is 26.8. The number of nitrogens with zero attached hydrogens (tertiary/aromatic N) is 2. The zero-order valence-corrected chi connectivity index (χ0v) is 23.0. The summed E-state index contributed by atoms with van der Waals surface area (Å²) in [5.41, 5.74) is 3.98. The molecule has 174 valence electrons. The van der Waals surface area contributed by atoms with E-state index in [1.807, 2.05) is 11.3 Å². The molecule has 0 saturated heterocycles. The van der Waals surface area contributed by atoms with Crippen LogP contribution in [0.4, 0.5) is 5.69 Å². The Kier molecular flexibility index (Phi) is 12.3. The van der Waals surface area contributed by atoms with Crippen molar-refractivity contribution in [2.24, 2.45) is 7.05 Å². The van der Waals surface area contributed by atoms with Gasteiger partial charge in [-0.25, -0.2) is 4.57 Å². The van der Waals surface area contributed by atoms with Crippen molar-refractivity contribution >= 4 is 17.0 Å². The molecule has 0 fully saturated rings. The highest BCUT2D eigenvalue weighted by molar-refractivity contribution is 7.18. The number of aromatic nitrogens is 1. The smallest absolute Gasteiger partial charge is 0.169 e. The first-order valence-electron chi connectivity index (χ1n) is 12.1. The maximum Gasteiger partial charge on any atom is 0.169 e. The van der Waals surface area contributed by atoms with Gasteiger partial charge in [0, 0.05) is 46.2 Å². The number of thiophene rings is 1. The fourth-order valence-corrected chi connectivity index (χ4v) is 5.00. The van der Waals surface area contributed by atoms with Crippen LogP contribution in [0.5, 0.6) is 0 Å². The predicted molar refractivity (Wildman–Crippen MR) is 137 cm³/mol. The van der Waals surface area contributed by atoms with Gasteiger partial charge in [0.25, 0.3) is 0 Å². The lowest BCUT2D eigenvalue weighted by molar-refractivity contribution is -0.671. The molecular weight excluding hydrogens is 523 g/mol. The number of aryl methyl sites for hydroxylation is 1. The molecule has 0 amide bonds. The van der Waals surface area contributed by atoms with E-state index >= 15 is 0 Å². The standard InChI is InChI=1S/C28H39N2S.HI/c1-4-6-8-10-20-30(21-11-9-7-5-2)26-14-12-24(13-15-26)27-16-17-28(31-27)25-18-22-29(3)23-19-25;/h12-19,22-23H,4-11,20-21H2,1-3H3;1H/q+1;/p-1. The molecule has 0 atom stereocenters. The normalized spacial score (nSPS) is 10.7. The number of hydrogen-bond donors (Lipinski definition) is 0. The molecule has 4 heteroatoms. The second kappa shape index (κ2) is 14.7. The summed E-state index contributed by atoms with van der Waals surface area (Å²) >= 11 is 1.88. The van der Waals surface area contributed by atoms with Gasteiger partial charge in [0.05, 0.1) is 0 Å². The van der Waals surface area contributed by atoms with Crippen LogP contribution < -0.4 is 33.4 Å². The number of halogens is 1. The van der Waals surface area contributed by atoms with Crippen LogP contribution in [0.2, 0.25) is 0 Å². The van der Waals surface area contributed by atoms with Crippen LogP contribution in [0.3, 0.4) is 0 Å². The molecule has 0 aliphatic heterocycles. The van der Waals surface area contributed by atoms with Crippen molar-refractivity contribution in [1.29, 1.82) is 0 Å². The molecule has 3 aromatic rings. The number of anilines is 1. The molecule has 32 heavy (non-hydrogen) atoms. The Morgan fingerprint density at radius 3 is 1.66 bits per heavy atom. The van der Waals surface area contributed by atoms with Crippen molar-refractivity contribution in [1.82, 2.24) is 0 Å². The second-order valence-corrected chi connectivity index (χ2v) is 9.66. The van der Waals surface area contributed by atoms with E-state index < -0.39 is 0 Å². The molecule has 0 spiro atoms. The lowest BCUT2D eigenvalue weighted by atomic mass is 10.1. The summed E-state index contributed by atoms with van der Waals surface area (Å²) in [7, 11) is 2.06. The third-order valence-electron chi connectivity index (χ3n) is 5.95. The van der Waals surface area contributed by atoms with E-state index in [0.717, 1.165) is 0 Å². The summed E-state index contributed by atoms with van der Waals surface area (Å²) in [6, 6.07) is 18.2. The van der Waals surface area contributed by atoms with Crippen LogP contribution in [0.1, 0.15) is 65.2 Å². The molecule has 1 aromatic carbocycles. The van der Waals surface area contributed by atoms with Crippen LogP contribution in [-0.4, -0.2) is 13.1 Å². The van der Waals surface area contributed by atoms with Gasteiger partial charge in [0.2, 0.25) is 0 Å². The van der Waals surface area contributed by atoms with Gasteiger partial charge in [-0.15, -0.1) is 11.3 Å². The van der Waals surface area contributed by atoms with Crippen molar-refractivity contribution in [3.63, 3.8) is 0 Å². The predicted octanol–water partition coefficient (Wildman–Crippen LogP) is 4.88. The first-order valence-corrected chi connectivity index (χ1v) is 12.9. The summed E-state index contributed by atoms with van der Waals surface area (Å²) < 4.78 is 2.08. The molecule has 0 radical (unpaired) electrons. The number of unbranched alkanes of at least 4 members (excludes halogenated alkanes) is 6. The fourth-order valence-electron chi connectivity index (χ4n) is 3.98. The lowest BCUT2D eigenvalue weighted by Crippen LogP contribution is -3.00. The van der Waals surface area contributed by atoms with E-state index in [1.54, 1.807) is 0 Å². The number of pyridine rings is 1. The largest absolute Gasteiger partial charge is 1.00 e. The minimum absolute atomic E-state index is 0. The maximum atomic E-state index is 2.61. The van der Waals surface area contributed by atoms with Crippen LogP contribution in [0.15, 0.2) is 60.9 Å².